The molecule has 0 radical (unpaired) electrons. The van der Waals surface area contributed by atoms with E-state index in [9.17, 15) is 22.0 Å². The number of hydrogen-bond acceptors (Lipinski definition) is 4. The topological polar surface area (TPSA) is 80.7 Å². The van der Waals surface area contributed by atoms with Gasteiger partial charge in [-0.3, -0.25) is 9.35 Å². The lowest BCUT2D eigenvalue weighted by atomic mass is 9.91. The van der Waals surface area contributed by atoms with Crippen molar-refractivity contribution in [2.45, 2.75) is 50.2 Å². The van der Waals surface area contributed by atoms with Crippen molar-refractivity contribution in [1.82, 2.24) is 0 Å². The Kier molecular flexibility index (Phi) is 5.66. The molecule has 0 aromatic heterocycles. The van der Waals surface area contributed by atoms with Crippen LogP contribution < -0.4 is 0 Å². The van der Waals surface area contributed by atoms with Crippen molar-refractivity contribution in [3.8, 4) is 0 Å². The third kappa shape index (κ3) is 5.02. The highest BCUT2D eigenvalue weighted by Crippen LogP contribution is 2.25. The summed E-state index contributed by atoms with van der Waals surface area (Å²) in [7, 11) is -5.55. The number of alkyl halides is 2. The Morgan fingerprint density at radius 3 is 2.11 bits per heavy atom. The third-order valence-electron chi connectivity index (χ3n) is 3.20. The Balaban J connectivity index is 2.50. The average Bonchev–Trinajstić information content (AvgIpc) is 2.24. The van der Waals surface area contributed by atoms with Gasteiger partial charge in [-0.1, -0.05) is 32.1 Å². The first-order valence-corrected chi connectivity index (χ1v) is 7.69. The van der Waals surface area contributed by atoms with Crippen LogP contribution in [0.4, 0.5) is 8.78 Å². The summed E-state index contributed by atoms with van der Waals surface area (Å²) in [5.74, 6) is -1.28. The summed E-state index contributed by atoms with van der Waals surface area (Å²) in [6.07, 6.45) is 5.87. The van der Waals surface area contributed by atoms with E-state index >= 15 is 0 Å². The molecular formula is C11H18F2O5S. The van der Waals surface area contributed by atoms with Gasteiger partial charge in [0, 0.05) is 0 Å². The minimum Gasteiger partial charge on any atom is -0.458 e. The van der Waals surface area contributed by atoms with E-state index in [1.807, 2.05) is 0 Å². The Labute approximate surface area is 111 Å². The zero-order chi connectivity index (χ0) is 14.5. The van der Waals surface area contributed by atoms with Gasteiger partial charge in [0.15, 0.2) is 6.61 Å². The molecule has 0 saturated heterocycles. The lowest BCUT2D eigenvalue weighted by molar-refractivity contribution is -0.155. The van der Waals surface area contributed by atoms with E-state index in [1.54, 1.807) is 0 Å². The summed E-state index contributed by atoms with van der Waals surface area (Å²) in [6, 6.07) is 0. The highest BCUT2D eigenvalue weighted by molar-refractivity contribution is 7.86. The van der Waals surface area contributed by atoms with Crippen molar-refractivity contribution in [3.05, 3.63) is 0 Å². The molecular weight excluding hydrogens is 282 g/mol. The molecule has 1 aliphatic rings. The third-order valence-corrected chi connectivity index (χ3v) is 4.07. The van der Waals surface area contributed by atoms with Gasteiger partial charge in [0.2, 0.25) is 0 Å². The second-order valence-electron chi connectivity index (χ2n) is 4.76. The molecule has 19 heavy (non-hydrogen) atoms. The van der Waals surface area contributed by atoms with Gasteiger partial charge >= 0.3 is 21.3 Å². The molecule has 1 aliphatic carbocycles. The number of hydrogen-bond donors (Lipinski definition) is 1. The van der Waals surface area contributed by atoms with Crippen LogP contribution in [0.1, 0.15) is 44.9 Å². The number of esters is 1. The first kappa shape index (κ1) is 16.3. The smallest absolute Gasteiger partial charge is 0.402 e. The molecule has 5 nitrogen and oxygen atoms in total. The molecule has 0 atom stereocenters. The van der Waals surface area contributed by atoms with Crippen LogP contribution in [0.5, 0.6) is 0 Å². The predicted molar refractivity (Wildman–Crippen MR) is 63.3 cm³/mol. The van der Waals surface area contributed by atoms with Gasteiger partial charge in [0.25, 0.3) is 0 Å². The molecule has 0 amide bonds. The SMILES string of the molecule is O=C(OCC(F)(F)S(=O)(=O)O)C1CCCCCCC1. The Bertz CT molecular complexity index is 399. The van der Waals surface area contributed by atoms with Crippen LogP contribution in [0.3, 0.4) is 0 Å². The van der Waals surface area contributed by atoms with Gasteiger partial charge < -0.3 is 4.74 Å². The van der Waals surface area contributed by atoms with Crippen molar-refractivity contribution in [2.24, 2.45) is 5.92 Å². The fourth-order valence-electron chi connectivity index (χ4n) is 2.04. The van der Waals surface area contributed by atoms with Crippen molar-refractivity contribution < 1.29 is 31.3 Å². The van der Waals surface area contributed by atoms with E-state index < -0.39 is 33.9 Å². The van der Waals surface area contributed by atoms with Gasteiger partial charge in [-0.25, -0.2) is 0 Å². The van der Waals surface area contributed by atoms with E-state index in [-0.39, 0.29) is 0 Å². The lowest BCUT2D eigenvalue weighted by Gasteiger charge is -2.19. The van der Waals surface area contributed by atoms with Gasteiger partial charge in [-0.15, -0.1) is 0 Å². The molecule has 0 aromatic carbocycles. The largest absolute Gasteiger partial charge is 0.458 e. The van der Waals surface area contributed by atoms with Crippen molar-refractivity contribution in [1.29, 1.82) is 0 Å². The van der Waals surface area contributed by atoms with Crippen LogP contribution in [0.2, 0.25) is 0 Å². The normalized spacial score (nSPS) is 19.5. The number of ether oxygens (including phenoxy) is 1. The molecule has 1 saturated carbocycles. The molecule has 0 spiro atoms. The molecule has 8 heteroatoms. The highest BCUT2D eigenvalue weighted by atomic mass is 32.2. The standard InChI is InChI=1S/C11H18F2O5S/c12-11(13,19(15,16)17)8-18-10(14)9-6-4-2-1-3-5-7-9/h9H,1-8H2,(H,15,16,17). The lowest BCUT2D eigenvalue weighted by Crippen LogP contribution is -2.35. The maximum atomic E-state index is 12.9. The summed E-state index contributed by atoms with van der Waals surface area (Å²) in [5, 5.41) is -4.45. The van der Waals surface area contributed by atoms with Crippen LogP contribution in [0.15, 0.2) is 0 Å². The van der Waals surface area contributed by atoms with Crippen LogP contribution in [-0.4, -0.2) is 30.8 Å². The van der Waals surface area contributed by atoms with E-state index in [2.05, 4.69) is 4.74 Å². The summed E-state index contributed by atoms with van der Waals surface area (Å²) >= 11 is 0. The van der Waals surface area contributed by atoms with E-state index in [4.69, 9.17) is 4.55 Å². The Morgan fingerprint density at radius 1 is 1.16 bits per heavy atom. The quantitative estimate of drug-likeness (QED) is 0.637. The first-order valence-electron chi connectivity index (χ1n) is 6.25. The number of carbonyl (C=O) groups excluding carboxylic acids is 1. The van der Waals surface area contributed by atoms with Crippen LogP contribution in [0.25, 0.3) is 0 Å². The van der Waals surface area contributed by atoms with E-state index in [1.165, 1.54) is 0 Å². The van der Waals surface area contributed by atoms with Crippen LogP contribution in [-0.2, 0) is 19.6 Å². The molecule has 1 fully saturated rings. The van der Waals surface area contributed by atoms with E-state index in [0.29, 0.717) is 12.8 Å². The van der Waals surface area contributed by atoms with Gasteiger partial charge in [0.05, 0.1) is 5.92 Å². The summed E-state index contributed by atoms with van der Waals surface area (Å²) in [5.41, 5.74) is 0. The first-order chi connectivity index (χ1) is 8.74. The summed E-state index contributed by atoms with van der Waals surface area (Å²) < 4.78 is 59.1. The van der Waals surface area contributed by atoms with Crippen LogP contribution >= 0.6 is 0 Å². The summed E-state index contributed by atoms with van der Waals surface area (Å²) in [4.78, 5) is 11.6. The van der Waals surface area contributed by atoms with Gasteiger partial charge in [-0.2, -0.15) is 17.2 Å². The molecule has 0 aromatic rings. The Hall–Kier alpha value is -0.760. The molecule has 0 unspecified atom stereocenters. The molecule has 112 valence electrons. The molecule has 1 N–H and O–H groups in total. The zero-order valence-electron chi connectivity index (χ0n) is 10.5. The monoisotopic (exact) mass is 300 g/mol. The van der Waals surface area contributed by atoms with Crippen LogP contribution in [0, 0.1) is 5.92 Å². The fraction of sp³-hybridized carbons (Fsp3) is 0.909. The molecule has 1 rings (SSSR count). The fourth-order valence-corrected chi connectivity index (χ4v) is 2.25. The second-order valence-corrected chi connectivity index (χ2v) is 6.31. The predicted octanol–water partition coefficient (Wildman–Crippen LogP) is 2.37. The second kappa shape index (κ2) is 6.60. The van der Waals surface area contributed by atoms with Crippen molar-refractivity contribution in [2.75, 3.05) is 6.61 Å². The maximum absolute atomic E-state index is 12.9. The number of carbonyl (C=O) groups is 1. The maximum Gasteiger partial charge on any atom is 0.402 e. The van der Waals surface area contributed by atoms with Gasteiger partial charge in [0.1, 0.15) is 0 Å². The Morgan fingerprint density at radius 2 is 1.63 bits per heavy atom. The summed E-state index contributed by atoms with van der Waals surface area (Å²) in [6.45, 7) is -1.64. The molecule has 0 aliphatic heterocycles. The highest BCUT2D eigenvalue weighted by Gasteiger charge is 2.45. The number of rotatable bonds is 4. The average molecular weight is 300 g/mol. The minimum atomic E-state index is -5.55. The zero-order valence-corrected chi connectivity index (χ0v) is 11.3. The van der Waals surface area contributed by atoms with Crippen molar-refractivity contribution >= 4 is 16.1 Å². The number of halogens is 2. The minimum absolute atomic E-state index is 0.461. The van der Waals surface area contributed by atoms with Crippen molar-refractivity contribution in [3.63, 3.8) is 0 Å². The molecule has 0 heterocycles. The van der Waals surface area contributed by atoms with Gasteiger partial charge in [-0.05, 0) is 12.8 Å². The van der Waals surface area contributed by atoms with E-state index in [0.717, 1.165) is 32.1 Å². The molecule has 0 bridgehead atoms.